The van der Waals surface area contributed by atoms with Crippen LogP contribution in [0.1, 0.15) is 11.1 Å². The minimum atomic E-state index is 0.394. The summed E-state index contributed by atoms with van der Waals surface area (Å²) in [5.74, 6) is 1.14. The van der Waals surface area contributed by atoms with Crippen LogP contribution in [0, 0.1) is 11.3 Å². The van der Waals surface area contributed by atoms with E-state index in [0.717, 1.165) is 16.5 Å². The quantitative estimate of drug-likeness (QED) is 0.795. The molecule has 0 saturated heterocycles. The zero-order valence-electron chi connectivity index (χ0n) is 11.3. The summed E-state index contributed by atoms with van der Waals surface area (Å²) in [5.41, 5.74) is 7.72. The molecular weight excluding hydrogens is 262 g/mol. The second-order valence-electron chi connectivity index (χ2n) is 4.58. The predicted molar refractivity (Wildman–Crippen MR) is 80.9 cm³/mol. The number of para-hydroxylation sites is 1. The van der Waals surface area contributed by atoms with Gasteiger partial charge in [-0.15, -0.1) is 0 Å². The maximum Gasteiger partial charge on any atom is 0.153 e. The summed E-state index contributed by atoms with van der Waals surface area (Å²) in [7, 11) is 0. The van der Waals surface area contributed by atoms with Gasteiger partial charge in [-0.05, 0) is 29.8 Å². The highest BCUT2D eigenvalue weighted by Crippen LogP contribution is 2.30. The first kappa shape index (κ1) is 13.1. The number of nitrogens with zero attached hydrogens (tertiary/aromatic N) is 2. The van der Waals surface area contributed by atoms with Gasteiger partial charge in [-0.25, -0.2) is 0 Å². The summed E-state index contributed by atoms with van der Waals surface area (Å²) in [6.07, 6.45) is 1.72. The van der Waals surface area contributed by atoms with Crippen LogP contribution in [0.15, 0.2) is 54.7 Å². The summed E-state index contributed by atoms with van der Waals surface area (Å²) in [5, 5.41) is 10.2. The van der Waals surface area contributed by atoms with Crippen LogP contribution >= 0.6 is 0 Å². The normalized spacial score (nSPS) is 10.3. The SMILES string of the molecule is N#Cc1cc(CN)ccc1Oc1cccc2cccnc12. The van der Waals surface area contributed by atoms with Gasteiger partial charge in [-0.2, -0.15) is 5.26 Å². The van der Waals surface area contributed by atoms with Crippen molar-refractivity contribution >= 4 is 10.9 Å². The molecule has 3 rings (SSSR count). The Bertz CT molecular complexity index is 832. The number of nitriles is 1. The highest BCUT2D eigenvalue weighted by Gasteiger charge is 2.08. The Morgan fingerprint density at radius 3 is 2.76 bits per heavy atom. The van der Waals surface area contributed by atoms with E-state index < -0.39 is 0 Å². The Kier molecular flexibility index (Phi) is 3.50. The molecule has 0 aliphatic rings. The molecule has 0 atom stereocenters. The Morgan fingerprint density at radius 2 is 1.95 bits per heavy atom. The van der Waals surface area contributed by atoms with Crippen molar-refractivity contribution in [3.05, 3.63) is 65.9 Å². The van der Waals surface area contributed by atoms with Crippen molar-refractivity contribution in [1.29, 1.82) is 5.26 Å². The van der Waals surface area contributed by atoms with Crippen LogP contribution in [-0.2, 0) is 6.54 Å². The molecule has 0 saturated carbocycles. The van der Waals surface area contributed by atoms with Crippen LogP contribution in [0.4, 0.5) is 0 Å². The molecule has 0 aliphatic carbocycles. The first-order chi connectivity index (χ1) is 10.3. The summed E-state index contributed by atoms with van der Waals surface area (Å²) >= 11 is 0. The lowest BCUT2D eigenvalue weighted by Crippen LogP contribution is -1.98. The van der Waals surface area contributed by atoms with Crippen LogP contribution in [0.25, 0.3) is 10.9 Å². The maximum absolute atomic E-state index is 9.24. The lowest BCUT2D eigenvalue weighted by atomic mass is 10.1. The first-order valence-corrected chi connectivity index (χ1v) is 6.56. The minimum absolute atomic E-state index is 0.394. The van der Waals surface area contributed by atoms with Gasteiger partial charge in [-0.3, -0.25) is 4.98 Å². The smallest absolute Gasteiger partial charge is 0.153 e. The van der Waals surface area contributed by atoms with E-state index in [2.05, 4.69) is 11.1 Å². The van der Waals surface area contributed by atoms with E-state index in [0.29, 0.717) is 23.6 Å². The van der Waals surface area contributed by atoms with Crippen LogP contribution in [0.5, 0.6) is 11.5 Å². The third-order valence-electron chi connectivity index (χ3n) is 3.22. The highest BCUT2D eigenvalue weighted by molar-refractivity contribution is 5.84. The highest BCUT2D eigenvalue weighted by atomic mass is 16.5. The second kappa shape index (κ2) is 5.61. The molecule has 4 heteroatoms. The molecular formula is C17H13N3O. The van der Waals surface area contributed by atoms with Gasteiger partial charge in [0, 0.05) is 18.1 Å². The number of hydrogen-bond acceptors (Lipinski definition) is 4. The van der Waals surface area contributed by atoms with E-state index in [-0.39, 0.29) is 0 Å². The van der Waals surface area contributed by atoms with Crippen molar-refractivity contribution < 1.29 is 4.74 Å². The molecule has 0 radical (unpaired) electrons. The predicted octanol–water partition coefficient (Wildman–Crippen LogP) is 3.36. The van der Waals surface area contributed by atoms with Crippen LogP contribution < -0.4 is 10.5 Å². The van der Waals surface area contributed by atoms with Crippen molar-refractivity contribution in [3.63, 3.8) is 0 Å². The van der Waals surface area contributed by atoms with Crippen molar-refractivity contribution in [2.75, 3.05) is 0 Å². The molecule has 0 spiro atoms. The van der Waals surface area contributed by atoms with Crippen LogP contribution in [0.3, 0.4) is 0 Å². The fourth-order valence-electron chi connectivity index (χ4n) is 2.16. The van der Waals surface area contributed by atoms with Gasteiger partial charge in [0.15, 0.2) is 5.75 Å². The molecule has 0 unspecified atom stereocenters. The van der Waals surface area contributed by atoms with E-state index in [1.807, 2.05) is 36.4 Å². The van der Waals surface area contributed by atoms with E-state index in [1.54, 1.807) is 18.3 Å². The van der Waals surface area contributed by atoms with Gasteiger partial charge < -0.3 is 10.5 Å². The monoisotopic (exact) mass is 275 g/mol. The fourth-order valence-corrected chi connectivity index (χ4v) is 2.16. The summed E-state index contributed by atoms with van der Waals surface area (Å²) in [4.78, 5) is 4.34. The van der Waals surface area contributed by atoms with Gasteiger partial charge in [0.2, 0.25) is 0 Å². The molecule has 0 fully saturated rings. The topological polar surface area (TPSA) is 71.9 Å². The Labute approximate surface area is 122 Å². The molecule has 21 heavy (non-hydrogen) atoms. The summed E-state index contributed by atoms with van der Waals surface area (Å²) < 4.78 is 5.89. The van der Waals surface area contributed by atoms with Gasteiger partial charge in [-0.1, -0.05) is 24.3 Å². The lowest BCUT2D eigenvalue weighted by Gasteiger charge is -2.10. The molecule has 1 aromatic heterocycles. The average molecular weight is 275 g/mol. The Morgan fingerprint density at radius 1 is 1.10 bits per heavy atom. The van der Waals surface area contributed by atoms with Gasteiger partial charge in [0.25, 0.3) is 0 Å². The zero-order chi connectivity index (χ0) is 14.7. The molecule has 102 valence electrons. The molecule has 2 aromatic carbocycles. The van der Waals surface area contributed by atoms with Gasteiger partial charge in [0.1, 0.15) is 17.3 Å². The third kappa shape index (κ3) is 2.55. The Balaban J connectivity index is 2.05. The van der Waals surface area contributed by atoms with Gasteiger partial charge in [0.05, 0.1) is 5.56 Å². The number of benzene rings is 2. The molecule has 1 heterocycles. The molecule has 0 amide bonds. The van der Waals surface area contributed by atoms with Crippen LogP contribution in [-0.4, -0.2) is 4.98 Å². The summed E-state index contributed by atoms with van der Waals surface area (Å²) in [6, 6.07) is 17.1. The van der Waals surface area contributed by atoms with E-state index in [1.165, 1.54) is 0 Å². The largest absolute Gasteiger partial charge is 0.454 e. The summed E-state index contributed by atoms with van der Waals surface area (Å²) in [6.45, 7) is 0.394. The minimum Gasteiger partial charge on any atom is -0.454 e. The number of hydrogen-bond donors (Lipinski definition) is 1. The molecule has 4 nitrogen and oxygen atoms in total. The van der Waals surface area contributed by atoms with Crippen molar-refractivity contribution in [3.8, 4) is 17.6 Å². The fraction of sp³-hybridized carbons (Fsp3) is 0.0588. The molecule has 2 N–H and O–H groups in total. The number of ether oxygens (including phenoxy) is 1. The number of rotatable bonds is 3. The number of pyridine rings is 1. The Hall–Kier alpha value is -2.90. The molecule has 3 aromatic rings. The van der Waals surface area contributed by atoms with E-state index in [9.17, 15) is 5.26 Å². The first-order valence-electron chi connectivity index (χ1n) is 6.56. The maximum atomic E-state index is 9.24. The van der Waals surface area contributed by atoms with E-state index in [4.69, 9.17) is 10.5 Å². The standard InChI is InChI=1S/C17H13N3O/c18-10-12-6-7-15(14(9-12)11-19)21-16-5-1-3-13-4-2-8-20-17(13)16/h1-9H,10,18H2. The number of fused-ring (bicyclic) bond motifs is 1. The third-order valence-corrected chi connectivity index (χ3v) is 3.22. The number of nitrogens with two attached hydrogens (primary N) is 1. The number of aromatic nitrogens is 1. The van der Waals surface area contributed by atoms with E-state index >= 15 is 0 Å². The molecule has 0 bridgehead atoms. The van der Waals surface area contributed by atoms with Crippen molar-refractivity contribution in [2.24, 2.45) is 5.73 Å². The zero-order valence-corrected chi connectivity index (χ0v) is 11.3. The lowest BCUT2D eigenvalue weighted by molar-refractivity contribution is 0.485. The van der Waals surface area contributed by atoms with Crippen molar-refractivity contribution in [1.82, 2.24) is 4.98 Å². The second-order valence-corrected chi connectivity index (χ2v) is 4.58. The average Bonchev–Trinajstić information content (AvgIpc) is 2.55. The van der Waals surface area contributed by atoms with Gasteiger partial charge >= 0.3 is 0 Å². The molecule has 0 aliphatic heterocycles. The van der Waals surface area contributed by atoms with Crippen LogP contribution in [0.2, 0.25) is 0 Å². The van der Waals surface area contributed by atoms with Crippen molar-refractivity contribution in [2.45, 2.75) is 6.54 Å².